The highest BCUT2D eigenvalue weighted by atomic mass is 16.5. The Labute approximate surface area is 144 Å². The molecule has 2 aromatic carbocycles. The number of aryl methyl sites for hydroxylation is 1. The van der Waals surface area contributed by atoms with Gasteiger partial charge in [0.05, 0.1) is 13.7 Å². The maximum absolute atomic E-state index is 5.56. The Balaban J connectivity index is 2.06. The summed E-state index contributed by atoms with van der Waals surface area (Å²) in [6, 6.07) is 14.7. The molecule has 0 N–H and O–H groups in total. The number of allylic oxidation sites excluding steroid dienone is 3. The van der Waals surface area contributed by atoms with E-state index in [0.717, 1.165) is 30.8 Å². The van der Waals surface area contributed by atoms with Crippen LogP contribution in [0.5, 0.6) is 11.5 Å². The molecule has 0 radical (unpaired) electrons. The van der Waals surface area contributed by atoms with Gasteiger partial charge in [-0.15, -0.1) is 0 Å². The standard InChI is InChI=1S/C22H24O2/c1-4-20-21(16-9-11-18(12-10-16)24-5-2)8-6-7-17-15-19(23-3)13-14-22(17)20/h4,9-15H,1,5-8H2,2-3H3. The molecule has 0 bridgehead atoms. The van der Waals surface area contributed by atoms with Crippen LogP contribution in [0.2, 0.25) is 0 Å². The summed E-state index contributed by atoms with van der Waals surface area (Å²) in [4.78, 5) is 0. The van der Waals surface area contributed by atoms with E-state index >= 15 is 0 Å². The summed E-state index contributed by atoms with van der Waals surface area (Å²) in [5, 5.41) is 0. The normalized spacial score (nSPS) is 13.9. The third-order valence-corrected chi connectivity index (χ3v) is 4.52. The fourth-order valence-electron chi connectivity index (χ4n) is 3.37. The molecule has 0 aliphatic heterocycles. The first-order valence-electron chi connectivity index (χ1n) is 8.53. The van der Waals surface area contributed by atoms with Gasteiger partial charge in [-0.25, -0.2) is 0 Å². The van der Waals surface area contributed by atoms with Crippen LogP contribution in [0.3, 0.4) is 0 Å². The molecule has 2 aromatic rings. The van der Waals surface area contributed by atoms with Crippen LogP contribution in [0, 0.1) is 0 Å². The molecule has 1 aliphatic rings. The van der Waals surface area contributed by atoms with Crippen molar-refractivity contribution >= 4 is 11.1 Å². The zero-order valence-corrected chi connectivity index (χ0v) is 14.5. The minimum atomic E-state index is 0.690. The summed E-state index contributed by atoms with van der Waals surface area (Å²) in [7, 11) is 1.72. The Bertz CT molecular complexity index is 754. The fourth-order valence-corrected chi connectivity index (χ4v) is 3.37. The Morgan fingerprint density at radius 3 is 2.46 bits per heavy atom. The third-order valence-electron chi connectivity index (χ3n) is 4.52. The van der Waals surface area contributed by atoms with E-state index in [1.54, 1.807) is 7.11 Å². The maximum Gasteiger partial charge on any atom is 0.119 e. The summed E-state index contributed by atoms with van der Waals surface area (Å²) in [6.45, 7) is 6.77. The number of hydrogen-bond donors (Lipinski definition) is 0. The number of methoxy groups -OCH3 is 1. The van der Waals surface area contributed by atoms with Gasteiger partial charge < -0.3 is 9.47 Å². The average molecular weight is 320 g/mol. The van der Waals surface area contributed by atoms with Gasteiger partial charge in [-0.3, -0.25) is 0 Å². The number of ether oxygens (including phenoxy) is 2. The summed E-state index contributed by atoms with van der Waals surface area (Å²) in [6.07, 6.45) is 5.22. The third kappa shape index (κ3) is 3.23. The van der Waals surface area contributed by atoms with Gasteiger partial charge in [-0.2, -0.15) is 0 Å². The maximum atomic E-state index is 5.56. The minimum absolute atomic E-state index is 0.690. The van der Waals surface area contributed by atoms with Crippen molar-refractivity contribution in [1.82, 2.24) is 0 Å². The van der Waals surface area contributed by atoms with Crippen molar-refractivity contribution in [2.24, 2.45) is 0 Å². The number of rotatable bonds is 5. The molecule has 3 rings (SSSR count). The molecular formula is C22H24O2. The predicted octanol–water partition coefficient (Wildman–Crippen LogP) is 5.53. The second-order valence-corrected chi connectivity index (χ2v) is 5.93. The molecule has 0 saturated carbocycles. The summed E-state index contributed by atoms with van der Waals surface area (Å²) >= 11 is 0. The average Bonchev–Trinajstić information content (AvgIpc) is 2.81. The Kier molecular flexibility index (Phi) is 5.05. The molecule has 0 spiro atoms. The smallest absolute Gasteiger partial charge is 0.119 e. The highest BCUT2D eigenvalue weighted by Crippen LogP contribution is 2.38. The first-order valence-corrected chi connectivity index (χ1v) is 8.53. The van der Waals surface area contributed by atoms with E-state index in [1.807, 2.05) is 31.2 Å². The molecule has 24 heavy (non-hydrogen) atoms. The largest absolute Gasteiger partial charge is 0.497 e. The molecular weight excluding hydrogens is 296 g/mol. The lowest BCUT2D eigenvalue weighted by Gasteiger charge is -2.14. The lowest BCUT2D eigenvalue weighted by Crippen LogP contribution is -1.94. The Hall–Kier alpha value is -2.48. The van der Waals surface area contributed by atoms with Crippen molar-refractivity contribution in [3.8, 4) is 11.5 Å². The van der Waals surface area contributed by atoms with Crippen LogP contribution >= 0.6 is 0 Å². The van der Waals surface area contributed by atoms with Crippen LogP contribution in [-0.2, 0) is 6.42 Å². The van der Waals surface area contributed by atoms with Crippen LogP contribution in [0.1, 0.15) is 36.5 Å². The summed E-state index contributed by atoms with van der Waals surface area (Å²) in [5.41, 5.74) is 6.45. The second kappa shape index (κ2) is 7.39. The molecule has 0 fully saturated rings. The number of fused-ring (bicyclic) bond motifs is 1. The van der Waals surface area contributed by atoms with E-state index in [0.29, 0.717) is 6.61 Å². The van der Waals surface area contributed by atoms with Crippen molar-refractivity contribution in [2.45, 2.75) is 26.2 Å². The van der Waals surface area contributed by atoms with E-state index in [-0.39, 0.29) is 0 Å². The first kappa shape index (κ1) is 16.4. The Morgan fingerprint density at radius 1 is 1.04 bits per heavy atom. The monoisotopic (exact) mass is 320 g/mol. The van der Waals surface area contributed by atoms with E-state index < -0.39 is 0 Å². The van der Waals surface area contributed by atoms with Crippen LogP contribution in [-0.4, -0.2) is 13.7 Å². The van der Waals surface area contributed by atoms with Gasteiger partial charge in [0.2, 0.25) is 0 Å². The zero-order valence-electron chi connectivity index (χ0n) is 14.5. The van der Waals surface area contributed by atoms with Crippen molar-refractivity contribution in [3.05, 3.63) is 71.8 Å². The van der Waals surface area contributed by atoms with Gasteiger partial charge in [0.1, 0.15) is 11.5 Å². The number of hydrogen-bond acceptors (Lipinski definition) is 2. The zero-order chi connectivity index (χ0) is 16.9. The van der Waals surface area contributed by atoms with E-state index in [9.17, 15) is 0 Å². The van der Waals surface area contributed by atoms with Crippen LogP contribution in [0.4, 0.5) is 0 Å². The second-order valence-electron chi connectivity index (χ2n) is 5.93. The van der Waals surface area contributed by atoms with Gasteiger partial charge in [-0.05, 0) is 78.3 Å². The minimum Gasteiger partial charge on any atom is -0.497 e. The van der Waals surface area contributed by atoms with Gasteiger partial charge in [0.25, 0.3) is 0 Å². The van der Waals surface area contributed by atoms with Crippen LogP contribution in [0.15, 0.2) is 55.1 Å². The molecule has 2 heteroatoms. The summed E-state index contributed by atoms with van der Waals surface area (Å²) in [5.74, 6) is 1.84. The lowest BCUT2D eigenvalue weighted by atomic mass is 9.92. The van der Waals surface area contributed by atoms with Crippen molar-refractivity contribution in [1.29, 1.82) is 0 Å². The van der Waals surface area contributed by atoms with Crippen molar-refractivity contribution in [3.63, 3.8) is 0 Å². The van der Waals surface area contributed by atoms with Crippen LogP contribution in [0.25, 0.3) is 11.1 Å². The molecule has 0 amide bonds. The fraction of sp³-hybridized carbons (Fsp3) is 0.273. The molecule has 0 unspecified atom stereocenters. The number of benzene rings is 2. The lowest BCUT2D eigenvalue weighted by molar-refractivity contribution is 0.340. The van der Waals surface area contributed by atoms with Gasteiger partial charge in [-0.1, -0.05) is 30.9 Å². The SMILES string of the molecule is C=CC1=C(c2ccc(OCC)cc2)CCCc2cc(OC)ccc21. The molecule has 0 saturated heterocycles. The van der Waals surface area contributed by atoms with Crippen LogP contribution < -0.4 is 9.47 Å². The van der Waals surface area contributed by atoms with Gasteiger partial charge in [0.15, 0.2) is 0 Å². The van der Waals surface area contributed by atoms with E-state index in [1.165, 1.54) is 27.8 Å². The molecule has 0 atom stereocenters. The summed E-state index contributed by atoms with van der Waals surface area (Å²) < 4.78 is 10.9. The molecule has 124 valence electrons. The first-order chi connectivity index (χ1) is 11.8. The van der Waals surface area contributed by atoms with E-state index in [4.69, 9.17) is 9.47 Å². The van der Waals surface area contributed by atoms with Gasteiger partial charge >= 0.3 is 0 Å². The molecule has 0 heterocycles. The predicted molar refractivity (Wildman–Crippen MR) is 101 cm³/mol. The molecule has 0 aromatic heterocycles. The topological polar surface area (TPSA) is 18.5 Å². The molecule has 2 nitrogen and oxygen atoms in total. The molecule has 1 aliphatic carbocycles. The highest BCUT2D eigenvalue weighted by Gasteiger charge is 2.17. The quantitative estimate of drug-likeness (QED) is 0.721. The van der Waals surface area contributed by atoms with Gasteiger partial charge in [0, 0.05) is 0 Å². The van der Waals surface area contributed by atoms with E-state index in [2.05, 4.69) is 30.8 Å². The Morgan fingerprint density at radius 2 is 1.79 bits per heavy atom. The van der Waals surface area contributed by atoms with Crippen molar-refractivity contribution in [2.75, 3.05) is 13.7 Å². The highest BCUT2D eigenvalue weighted by molar-refractivity contribution is 5.96. The van der Waals surface area contributed by atoms with Crippen molar-refractivity contribution < 1.29 is 9.47 Å².